The predicted octanol–water partition coefficient (Wildman–Crippen LogP) is 4.54. The van der Waals surface area contributed by atoms with Gasteiger partial charge >= 0.3 is 6.61 Å². The van der Waals surface area contributed by atoms with E-state index in [0.717, 1.165) is 11.5 Å². The standard InChI is InChI=1S/C23H23F2N7O4/c1-26-16-12-20(35-22(24)25)18(13-17(16)32(33)34)31(11-10-30(2)3)23-27-9-8-15(28-23)21-14-6-4-5-7-19(14)36-29-21/h4-9,12-13,22,26H,10-11H2,1-3H3. The maximum atomic E-state index is 13.3. The number of alkyl halides is 2. The highest BCUT2D eigenvalue weighted by molar-refractivity contribution is 5.90. The van der Waals surface area contributed by atoms with Gasteiger partial charge in [0.1, 0.15) is 11.4 Å². The van der Waals surface area contributed by atoms with Gasteiger partial charge in [-0.05, 0) is 32.3 Å². The number of nitro groups is 1. The molecule has 0 aliphatic heterocycles. The number of nitrogens with zero attached hydrogens (tertiary/aromatic N) is 6. The summed E-state index contributed by atoms with van der Waals surface area (Å²) in [5, 5.41) is 19.2. The first-order valence-corrected chi connectivity index (χ1v) is 10.8. The Balaban J connectivity index is 1.87. The van der Waals surface area contributed by atoms with Crippen LogP contribution in [0.2, 0.25) is 0 Å². The van der Waals surface area contributed by atoms with Gasteiger partial charge in [0.15, 0.2) is 11.3 Å². The van der Waals surface area contributed by atoms with Crippen molar-refractivity contribution in [1.29, 1.82) is 0 Å². The van der Waals surface area contributed by atoms with Gasteiger partial charge < -0.3 is 24.4 Å². The molecule has 36 heavy (non-hydrogen) atoms. The summed E-state index contributed by atoms with van der Waals surface area (Å²) in [7, 11) is 5.12. The third-order valence-electron chi connectivity index (χ3n) is 5.33. The van der Waals surface area contributed by atoms with Crippen LogP contribution in [0.3, 0.4) is 0 Å². The van der Waals surface area contributed by atoms with Crippen molar-refractivity contribution in [3.8, 4) is 17.1 Å². The molecule has 0 radical (unpaired) electrons. The van der Waals surface area contributed by atoms with Crippen LogP contribution >= 0.6 is 0 Å². The van der Waals surface area contributed by atoms with Gasteiger partial charge in [-0.2, -0.15) is 8.78 Å². The Kier molecular flexibility index (Phi) is 7.20. The summed E-state index contributed by atoms with van der Waals surface area (Å²) in [5.74, 6) is -0.147. The van der Waals surface area contributed by atoms with Crippen LogP contribution in [0.25, 0.3) is 22.4 Å². The molecular weight excluding hydrogens is 476 g/mol. The number of anilines is 3. The predicted molar refractivity (Wildman–Crippen MR) is 130 cm³/mol. The van der Waals surface area contributed by atoms with E-state index >= 15 is 0 Å². The molecular formula is C23H23F2N7O4. The summed E-state index contributed by atoms with van der Waals surface area (Å²) in [6.45, 7) is -2.48. The van der Waals surface area contributed by atoms with Crippen LogP contribution in [0.4, 0.5) is 31.8 Å². The van der Waals surface area contributed by atoms with Crippen molar-refractivity contribution in [3.63, 3.8) is 0 Å². The first-order chi connectivity index (χ1) is 17.3. The van der Waals surface area contributed by atoms with E-state index < -0.39 is 11.5 Å². The Hall–Kier alpha value is -4.39. The molecule has 2 aromatic carbocycles. The van der Waals surface area contributed by atoms with Crippen molar-refractivity contribution in [2.24, 2.45) is 0 Å². The zero-order chi connectivity index (χ0) is 25.8. The molecule has 2 heterocycles. The lowest BCUT2D eigenvalue weighted by molar-refractivity contribution is -0.383. The van der Waals surface area contributed by atoms with E-state index in [4.69, 9.17) is 9.26 Å². The van der Waals surface area contributed by atoms with Crippen molar-refractivity contribution >= 4 is 34.0 Å². The number of para-hydroxylation sites is 1. The maximum Gasteiger partial charge on any atom is 0.387 e. The average molecular weight is 499 g/mol. The SMILES string of the molecule is CNc1cc(OC(F)F)c(N(CCN(C)C)c2nccc(-c3noc4ccccc34)n2)cc1[N+](=O)[O-]. The van der Waals surface area contributed by atoms with Crippen LogP contribution in [0, 0.1) is 10.1 Å². The Morgan fingerprint density at radius 2 is 1.97 bits per heavy atom. The van der Waals surface area contributed by atoms with Gasteiger partial charge in [-0.25, -0.2) is 9.97 Å². The number of halogens is 2. The number of fused-ring (bicyclic) bond motifs is 1. The summed E-state index contributed by atoms with van der Waals surface area (Å²) in [6, 6.07) is 11.2. The molecule has 11 nitrogen and oxygen atoms in total. The second kappa shape index (κ2) is 10.5. The molecule has 0 unspecified atom stereocenters. The molecule has 4 aromatic rings. The number of ether oxygens (including phenoxy) is 1. The van der Waals surface area contributed by atoms with Crippen LogP contribution in [0.5, 0.6) is 5.75 Å². The fourth-order valence-corrected chi connectivity index (χ4v) is 3.62. The van der Waals surface area contributed by atoms with Crippen molar-refractivity contribution in [2.45, 2.75) is 6.61 Å². The summed E-state index contributed by atoms with van der Waals surface area (Å²) >= 11 is 0. The normalized spacial score (nSPS) is 11.3. The van der Waals surface area contributed by atoms with Crippen molar-refractivity contribution in [2.75, 3.05) is 44.4 Å². The lowest BCUT2D eigenvalue weighted by Crippen LogP contribution is -2.30. The number of benzene rings is 2. The highest BCUT2D eigenvalue weighted by Gasteiger charge is 2.26. The lowest BCUT2D eigenvalue weighted by Gasteiger charge is -2.26. The largest absolute Gasteiger partial charge is 0.433 e. The average Bonchev–Trinajstić information content (AvgIpc) is 3.28. The molecule has 4 rings (SSSR count). The zero-order valence-corrected chi connectivity index (χ0v) is 19.7. The quantitative estimate of drug-likeness (QED) is 0.246. The Morgan fingerprint density at radius 1 is 1.19 bits per heavy atom. The van der Waals surface area contributed by atoms with E-state index in [1.54, 1.807) is 12.1 Å². The van der Waals surface area contributed by atoms with E-state index in [1.807, 2.05) is 37.2 Å². The van der Waals surface area contributed by atoms with Crippen LogP contribution in [-0.4, -0.2) is 65.8 Å². The van der Waals surface area contributed by atoms with E-state index in [9.17, 15) is 18.9 Å². The topological polar surface area (TPSA) is 123 Å². The second-order valence-corrected chi connectivity index (χ2v) is 7.95. The number of rotatable bonds is 10. The number of hydrogen-bond acceptors (Lipinski definition) is 10. The number of nitrogens with one attached hydrogen (secondary N) is 1. The van der Waals surface area contributed by atoms with Gasteiger partial charge in [0.05, 0.1) is 21.7 Å². The fraction of sp³-hybridized carbons (Fsp3) is 0.261. The third-order valence-corrected chi connectivity index (χ3v) is 5.33. The maximum absolute atomic E-state index is 13.3. The summed E-state index contributed by atoms with van der Waals surface area (Å²) in [6.07, 6.45) is 1.49. The first kappa shape index (κ1) is 24.7. The molecule has 0 fully saturated rings. The smallest absolute Gasteiger partial charge is 0.387 e. The number of hydrogen-bond donors (Lipinski definition) is 1. The monoisotopic (exact) mass is 499 g/mol. The van der Waals surface area contributed by atoms with Crippen LogP contribution < -0.4 is 15.0 Å². The summed E-state index contributed by atoms with van der Waals surface area (Å²) in [5.41, 5.74) is 1.20. The van der Waals surface area contributed by atoms with Gasteiger partial charge in [-0.3, -0.25) is 10.1 Å². The lowest BCUT2D eigenvalue weighted by atomic mass is 10.1. The minimum absolute atomic E-state index is 0.0185. The highest BCUT2D eigenvalue weighted by Crippen LogP contribution is 2.41. The highest BCUT2D eigenvalue weighted by atomic mass is 19.3. The number of likely N-dealkylation sites (N-methyl/N-ethyl adjacent to an activating group) is 1. The minimum atomic E-state index is -3.15. The van der Waals surface area contributed by atoms with Crippen LogP contribution in [-0.2, 0) is 0 Å². The molecule has 2 aromatic heterocycles. The molecule has 0 saturated heterocycles. The van der Waals surface area contributed by atoms with Crippen molar-refractivity contribution in [3.05, 3.63) is 58.8 Å². The molecule has 188 valence electrons. The minimum Gasteiger partial charge on any atom is -0.433 e. The third kappa shape index (κ3) is 5.15. The van der Waals surface area contributed by atoms with Gasteiger partial charge in [-0.15, -0.1) is 0 Å². The molecule has 1 N–H and O–H groups in total. The van der Waals surface area contributed by atoms with E-state index in [0.29, 0.717) is 23.5 Å². The van der Waals surface area contributed by atoms with Crippen LogP contribution in [0.15, 0.2) is 53.2 Å². The van der Waals surface area contributed by atoms with Gasteiger partial charge in [0.25, 0.3) is 5.69 Å². The van der Waals surface area contributed by atoms with Gasteiger partial charge in [0, 0.05) is 38.5 Å². The summed E-state index contributed by atoms with van der Waals surface area (Å²) in [4.78, 5) is 23.4. The first-order valence-electron chi connectivity index (χ1n) is 10.8. The van der Waals surface area contributed by atoms with E-state index in [2.05, 4.69) is 20.4 Å². The van der Waals surface area contributed by atoms with E-state index in [-0.39, 0.29) is 35.3 Å². The Morgan fingerprint density at radius 3 is 2.67 bits per heavy atom. The summed E-state index contributed by atoms with van der Waals surface area (Å²) < 4.78 is 36.8. The molecule has 0 saturated carbocycles. The molecule has 0 bridgehead atoms. The molecule has 13 heteroatoms. The molecule has 0 atom stereocenters. The van der Waals surface area contributed by atoms with Crippen molar-refractivity contribution < 1.29 is 23.0 Å². The Labute approximate surface area is 204 Å². The van der Waals surface area contributed by atoms with Gasteiger partial charge in [0.2, 0.25) is 5.95 Å². The fourth-order valence-electron chi connectivity index (χ4n) is 3.62. The van der Waals surface area contributed by atoms with Crippen molar-refractivity contribution in [1.82, 2.24) is 20.0 Å². The molecule has 0 aliphatic carbocycles. The number of nitro benzene ring substituents is 1. The Bertz CT molecular complexity index is 1380. The molecule has 0 amide bonds. The molecule has 0 aliphatic rings. The van der Waals surface area contributed by atoms with Crippen LogP contribution in [0.1, 0.15) is 0 Å². The molecule has 0 spiro atoms. The second-order valence-electron chi connectivity index (χ2n) is 7.95. The van der Waals surface area contributed by atoms with E-state index in [1.165, 1.54) is 24.2 Å². The zero-order valence-electron chi connectivity index (χ0n) is 19.7. The van der Waals surface area contributed by atoms with Gasteiger partial charge in [-0.1, -0.05) is 17.3 Å². The number of aromatic nitrogens is 3.